The summed E-state index contributed by atoms with van der Waals surface area (Å²) in [7, 11) is 0. The smallest absolute Gasteiger partial charge is 0.270 e. The number of nitrogens with zero attached hydrogens (tertiary/aromatic N) is 2. The Bertz CT molecular complexity index is 1030. The van der Waals surface area contributed by atoms with Gasteiger partial charge < -0.3 is 10.1 Å². The molecule has 0 spiro atoms. The molecule has 9 heteroatoms. The highest BCUT2D eigenvalue weighted by molar-refractivity contribution is 6.34. The lowest BCUT2D eigenvalue weighted by Gasteiger charge is -2.15. The van der Waals surface area contributed by atoms with Crippen molar-refractivity contribution in [2.75, 3.05) is 18.1 Å². The number of hydrogen-bond acceptors (Lipinski definition) is 6. The molecule has 2 aliphatic heterocycles. The van der Waals surface area contributed by atoms with E-state index in [0.717, 1.165) is 23.8 Å². The quantitative estimate of drug-likeness (QED) is 0.471. The Morgan fingerprint density at radius 2 is 1.97 bits per heavy atom. The Kier molecular flexibility index (Phi) is 4.81. The Labute approximate surface area is 165 Å². The number of non-ortho nitro benzene ring substituents is 1. The zero-order chi connectivity index (χ0) is 20.5. The second-order valence-corrected chi connectivity index (χ2v) is 6.83. The van der Waals surface area contributed by atoms with Crippen molar-refractivity contribution < 1.29 is 24.0 Å². The zero-order valence-corrected chi connectivity index (χ0v) is 15.3. The van der Waals surface area contributed by atoms with Crippen molar-refractivity contribution in [2.24, 2.45) is 0 Å². The first kappa shape index (κ1) is 18.8. The third-order valence-electron chi connectivity index (χ3n) is 4.96. The molecule has 0 aromatic heterocycles. The lowest BCUT2D eigenvalue weighted by Crippen LogP contribution is -2.32. The average molecular weight is 395 g/mol. The fraction of sp³-hybridized carbons (Fsp3) is 0.250. The van der Waals surface area contributed by atoms with Crippen LogP contribution < -0.4 is 10.2 Å². The van der Waals surface area contributed by atoms with Gasteiger partial charge in [-0.1, -0.05) is 6.07 Å². The van der Waals surface area contributed by atoms with E-state index in [4.69, 9.17) is 4.74 Å². The Morgan fingerprint density at radius 3 is 2.69 bits per heavy atom. The molecule has 1 unspecified atom stereocenters. The molecule has 3 amide bonds. The van der Waals surface area contributed by atoms with Gasteiger partial charge in [-0.15, -0.1) is 0 Å². The van der Waals surface area contributed by atoms with Crippen LogP contribution >= 0.6 is 0 Å². The van der Waals surface area contributed by atoms with Gasteiger partial charge in [0.05, 0.1) is 27.8 Å². The Morgan fingerprint density at radius 1 is 1.17 bits per heavy atom. The number of carbonyl (C=O) groups excluding carboxylic acids is 3. The van der Waals surface area contributed by atoms with Crippen LogP contribution in [0.5, 0.6) is 0 Å². The van der Waals surface area contributed by atoms with E-state index in [-0.39, 0.29) is 34.5 Å². The van der Waals surface area contributed by atoms with Gasteiger partial charge in [0.1, 0.15) is 0 Å². The molecule has 29 heavy (non-hydrogen) atoms. The third kappa shape index (κ3) is 3.47. The third-order valence-corrected chi connectivity index (χ3v) is 4.96. The summed E-state index contributed by atoms with van der Waals surface area (Å²) in [5, 5.41) is 13.8. The number of ether oxygens (including phenoxy) is 1. The maximum Gasteiger partial charge on any atom is 0.270 e. The summed E-state index contributed by atoms with van der Waals surface area (Å²) in [5.41, 5.74) is 0.312. The number of nitro benzene ring substituents is 1. The van der Waals surface area contributed by atoms with Gasteiger partial charge in [0.15, 0.2) is 0 Å². The number of hydrogen-bond donors (Lipinski definition) is 1. The van der Waals surface area contributed by atoms with Crippen LogP contribution in [0.3, 0.4) is 0 Å². The number of imide groups is 1. The largest absolute Gasteiger partial charge is 0.376 e. The van der Waals surface area contributed by atoms with Gasteiger partial charge in [-0.2, -0.15) is 0 Å². The molecule has 0 bridgehead atoms. The summed E-state index contributed by atoms with van der Waals surface area (Å²) < 4.78 is 5.47. The molecule has 0 radical (unpaired) electrons. The van der Waals surface area contributed by atoms with E-state index < -0.39 is 16.7 Å². The summed E-state index contributed by atoms with van der Waals surface area (Å²) in [5.74, 6) is -1.59. The number of amides is 3. The number of nitro groups is 1. The highest BCUT2D eigenvalue weighted by Crippen LogP contribution is 2.31. The topological polar surface area (TPSA) is 119 Å². The van der Waals surface area contributed by atoms with Crippen LogP contribution in [0.4, 0.5) is 11.4 Å². The van der Waals surface area contributed by atoms with E-state index in [1.54, 1.807) is 12.1 Å². The van der Waals surface area contributed by atoms with Crippen LogP contribution in [0.15, 0.2) is 42.5 Å². The van der Waals surface area contributed by atoms with Crippen LogP contribution in [0.2, 0.25) is 0 Å². The standard InChI is InChI=1S/C20H17N3O6/c24-18(21-11-15-5-2-8-29-15)12-3-1-4-13(9-12)22-19(25)16-7-6-14(23(27)28)10-17(16)20(22)26/h1,3-4,6-7,9-10,15H,2,5,8,11H2,(H,21,24). The van der Waals surface area contributed by atoms with Gasteiger partial charge in [0.25, 0.3) is 23.4 Å². The fourth-order valence-electron chi connectivity index (χ4n) is 3.48. The first-order chi connectivity index (χ1) is 14.0. The van der Waals surface area contributed by atoms with E-state index in [9.17, 15) is 24.5 Å². The first-order valence-electron chi connectivity index (χ1n) is 9.13. The summed E-state index contributed by atoms with van der Waals surface area (Å²) in [6, 6.07) is 9.68. The molecule has 1 N–H and O–H groups in total. The molecule has 4 rings (SSSR count). The van der Waals surface area contributed by atoms with Gasteiger partial charge in [0.2, 0.25) is 0 Å². The van der Waals surface area contributed by atoms with Crippen LogP contribution in [0.25, 0.3) is 0 Å². The highest BCUT2D eigenvalue weighted by Gasteiger charge is 2.38. The van der Waals surface area contributed by atoms with E-state index >= 15 is 0 Å². The normalized spacial score (nSPS) is 18.1. The molecule has 148 valence electrons. The van der Waals surface area contributed by atoms with Crippen molar-refractivity contribution >= 4 is 29.1 Å². The summed E-state index contributed by atoms with van der Waals surface area (Å²) >= 11 is 0. The van der Waals surface area contributed by atoms with Crippen LogP contribution in [-0.4, -0.2) is 41.9 Å². The number of anilines is 1. The number of nitrogens with one attached hydrogen (secondary N) is 1. The Hall–Kier alpha value is -3.59. The van der Waals surface area contributed by atoms with Crippen molar-refractivity contribution in [2.45, 2.75) is 18.9 Å². The van der Waals surface area contributed by atoms with Crippen LogP contribution in [0.1, 0.15) is 43.9 Å². The van der Waals surface area contributed by atoms with Crippen molar-refractivity contribution in [3.8, 4) is 0 Å². The molecule has 0 aliphatic carbocycles. The summed E-state index contributed by atoms with van der Waals surface area (Å²) in [6.45, 7) is 1.08. The number of fused-ring (bicyclic) bond motifs is 1. The lowest BCUT2D eigenvalue weighted by molar-refractivity contribution is -0.384. The molecular weight excluding hydrogens is 378 g/mol. The molecular formula is C20H17N3O6. The molecule has 2 heterocycles. The van der Waals surface area contributed by atoms with E-state index in [1.807, 2.05) is 0 Å². The minimum atomic E-state index is -0.661. The van der Waals surface area contributed by atoms with Gasteiger partial charge in [-0.05, 0) is 37.1 Å². The maximum atomic E-state index is 12.7. The molecule has 2 aromatic rings. The average Bonchev–Trinajstić information content (AvgIpc) is 3.33. The zero-order valence-electron chi connectivity index (χ0n) is 15.3. The molecule has 1 atom stereocenters. The predicted octanol–water partition coefficient (Wildman–Crippen LogP) is 2.30. The van der Waals surface area contributed by atoms with Crippen LogP contribution in [0, 0.1) is 10.1 Å². The van der Waals surface area contributed by atoms with Crippen molar-refractivity contribution in [3.63, 3.8) is 0 Å². The maximum absolute atomic E-state index is 12.7. The van der Waals surface area contributed by atoms with Gasteiger partial charge in [0, 0.05) is 30.8 Å². The molecule has 2 aliphatic rings. The number of benzene rings is 2. The van der Waals surface area contributed by atoms with Gasteiger partial charge in [-0.3, -0.25) is 24.5 Å². The van der Waals surface area contributed by atoms with E-state index in [1.165, 1.54) is 24.3 Å². The highest BCUT2D eigenvalue weighted by atomic mass is 16.6. The van der Waals surface area contributed by atoms with Gasteiger partial charge >= 0.3 is 0 Å². The van der Waals surface area contributed by atoms with E-state index in [2.05, 4.69) is 5.32 Å². The van der Waals surface area contributed by atoms with Crippen LogP contribution in [-0.2, 0) is 4.74 Å². The lowest BCUT2D eigenvalue weighted by atomic mass is 10.1. The van der Waals surface area contributed by atoms with Crippen molar-refractivity contribution in [3.05, 3.63) is 69.3 Å². The van der Waals surface area contributed by atoms with Crippen molar-refractivity contribution in [1.82, 2.24) is 5.32 Å². The molecule has 0 saturated carbocycles. The molecule has 9 nitrogen and oxygen atoms in total. The SMILES string of the molecule is O=C(NCC1CCCO1)c1cccc(N2C(=O)c3ccc([N+](=O)[O-])cc3C2=O)c1. The number of carbonyl (C=O) groups is 3. The summed E-state index contributed by atoms with van der Waals surface area (Å²) in [4.78, 5) is 49.1. The van der Waals surface area contributed by atoms with Crippen molar-refractivity contribution in [1.29, 1.82) is 0 Å². The minimum Gasteiger partial charge on any atom is -0.376 e. The Balaban J connectivity index is 1.56. The summed E-state index contributed by atoms with van der Waals surface area (Å²) in [6.07, 6.45) is 1.85. The first-order valence-corrected chi connectivity index (χ1v) is 9.13. The predicted molar refractivity (Wildman–Crippen MR) is 102 cm³/mol. The minimum absolute atomic E-state index is 0.00541. The monoisotopic (exact) mass is 395 g/mol. The van der Waals surface area contributed by atoms with Gasteiger partial charge in [-0.25, -0.2) is 4.90 Å². The second kappa shape index (κ2) is 7.44. The van der Waals surface area contributed by atoms with E-state index in [0.29, 0.717) is 18.7 Å². The number of rotatable bonds is 5. The second-order valence-electron chi connectivity index (χ2n) is 6.83. The molecule has 1 fully saturated rings. The fourth-order valence-corrected chi connectivity index (χ4v) is 3.48. The molecule has 1 saturated heterocycles. The molecule has 2 aromatic carbocycles.